The molecule has 2 unspecified atom stereocenters. The minimum atomic E-state index is -1.56. The molecule has 0 aliphatic carbocycles. The number of aliphatic hydroxyl groups excluding tert-OH is 3. The molecule has 1 fully saturated rings. The molecule has 9 nitrogen and oxygen atoms in total. The third-order valence-corrected chi connectivity index (χ3v) is 13.3. The predicted molar refractivity (Wildman–Crippen MR) is 293 cm³/mol. The highest BCUT2D eigenvalue weighted by Crippen LogP contribution is 2.24. The highest BCUT2D eigenvalue weighted by Gasteiger charge is 2.45. The SMILES string of the molecule is [2H]C(CCCCCCCCCCCCC)CC(=O)OC[C@H]1OC(OC[C@@H](COCCCCCCCC/C=C\C/C=C\CCCCC)OCCCCCCCC/C=C\C/C=C\CCCCC)[C@H](O)[C@@H](O)[C@H]1O. The Bertz CT molecular complexity index is 1260. The van der Waals surface area contributed by atoms with Gasteiger partial charge in [0.05, 0.1) is 13.2 Å². The fourth-order valence-electron chi connectivity index (χ4n) is 8.69. The van der Waals surface area contributed by atoms with E-state index in [9.17, 15) is 20.1 Å². The largest absolute Gasteiger partial charge is 0.463 e. The zero-order valence-corrected chi connectivity index (χ0v) is 45.6. The standard InChI is InChI=1S/C61H112O9/c1-4-7-10-13-16-19-22-25-27-29-32-35-38-41-44-47-50-66-52-55(67-51-48-45-42-39-36-33-30-28-26-23-20-17-14-11-8-5-2)53-69-61-60(65)59(64)58(63)56(70-61)54-68-57(62)49-46-43-40-37-34-31-24-21-18-15-12-9-6-3/h16-17,19-20,25-28,55-56,58-61,63-65H,4-15,18,21-24,29-54H2,1-3H3/b19-16-,20-17-,27-25-,28-26-/t55-,56-,58+,59+,60-,61?/m1/s1/i46D/t46?,55-,56-,58+,59+,60-,61?. The van der Waals surface area contributed by atoms with Crippen molar-refractivity contribution in [3.8, 4) is 0 Å². The smallest absolute Gasteiger partial charge is 0.305 e. The molecule has 1 heterocycles. The Morgan fingerprint density at radius 1 is 0.500 bits per heavy atom. The van der Waals surface area contributed by atoms with Crippen molar-refractivity contribution in [2.24, 2.45) is 0 Å². The molecule has 410 valence electrons. The average molecular weight is 991 g/mol. The Hall–Kier alpha value is -1.85. The van der Waals surface area contributed by atoms with Gasteiger partial charge in [0, 0.05) is 21.0 Å². The minimum Gasteiger partial charge on any atom is -0.463 e. The van der Waals surface area contributed by atoms with E-state index in [2.05, 4.69) is 69.4 Å². The molecule has 70 heavy (non-hydrogen) atoms. The summed E-state index contributed by atoms with van der Waals surface area (Å²) in [4.78, 5) is 12.7. The lowest BCUT2D eigenvalue weighted by atomic mass is 9.99. The molecule has 1 saturated heterocycles. The van der Waals surface area contributed by atoms with Crippen molar-refractivity contribution in [2.75, 3.05) is 33.0 Å². The van der Waals surface area contributed by atoms with Crippen LogP contribution in [0, 0.1) is 0 Å². The summed E-state index contributed by atoms with van der Waals surface area (Å²) in [5.74, 6) is -0.545. The first-order valence-electron chi connectivity index (χ1n) is 30.1. The minimum absolute atomic E-state index is 0.0462. The maximum atomic E-state index is 12.7. The summed E-state index contributed by atoms with van der Waals surface area (Å²) in [5.41, 5.74) is 0. The number of ether oxygens (including phenoxy) is 5. The lowest BCUT2D eigenvalue weighted by molar-refractivity contribution is -0.306. The van der Waals surface area contributed by atoms with Gasteiger partial charge < -0.3 is 39.0 Å². The van der Waals surface area contributed by atoms with Crippen molar-refractivity contribution in [3.63, 3.8) is 0 Å². The second kappa shape index (κ2) is 52.0. The monoisotopic (exact) mass is 990 g/mol. The Kier molecular flexibility index (Phi) is 47.8. The number of esters is 1. The van der Waals surface area contributed by atoms with Crippen molar-refractivity contribution in [1.82, 2.24) is 0 Å². The maximum absolute atomic E-state index is 12.7. The molecule has 9 heteroatoms. The van der Waals surface area contributed by atoms with Gasteiger partial charge >= 0.3 is 5.97 Å². The van der Waals surface area contributed by atoms with E-state index < -0.39 is 49.2 Å². The fraction of sp³-hybridized carbons (Fsp3) is 0.852. The summed E-state index contributed by atoms with van der Waals surface area (Å²) in [6.45, 7) is 7.97. The first kappa shape index (κ1) is 64.3. The van der Waals surface area contributed by atoms with Gasteiger partial charge in [-0.05, 0) is 83.4 Å². The van der Waals surface area contributed by atoms with Crippen LogP contribution in [0.4, 0.5) is 0 Å². The fourth-order valence-corrected chi connectivity index (χ4v) is 8.69. The van der Waals surface area contributed by atoms with Gasteiger partial charge in [0.2, 0.25) is 0 Å². The van der Waals surface area contributed by atoms with Crippen LogP contribution in [0.25, 0.3) is 0 Å². The van der Waals surface area contributed by atoms with E-state index in [1.807, 2.05) is 0 Å². The van der Waals surface area contributed by atoms with Gasteiger partial charge in [-0.1, -0.05) is 223 Å². The molecule has 0 aromatic heterocycles. The number of hydrogen-bond acceptors (Lipinski definition) is 9. The molecule has 7 atom stereocenters. The van der Waals surface area contributed by atoms with Gasteiger partial charge in [0.15, 0.2) is 6.29 Å². The van der Waals surface area contributed by atoms with Crippen molar-refractivity contribution in [1.29, 1.82) is 0 Å². The summed E-state index contributed by atoms with van der Waals surface area (Å²) in [6.07, 6.45) is 53.0. The van der Waals surface area contributed by atoms with Gasteiger partial charge in [-0.2, -0.15) is 0 Å². The van der Waals surface area contributed by atoms with Crippen LogP contribution in [0.1, 0.15) is 266 Å². The van der Waals surface area contributed by atoms with Gasteiger partial charge in [0.25, 0.3) is 0 Å². The lowest BCUT2D eigenvalue weighted by Crippen LogP contribution is -2.59. The normalized spacial score (nSPS) is 19.9. The van der Waals surface area contributed by atoms with E-state index in [-0.39, 0.29) is 19.6 Å². The van der Waals surface area contributed by atoms with Crippen LogP contribution in [-0.4, -0.2) is 91.1 Å². The number of allylic oxidation sites excluding steroid dienone is 8. The number of hydrogen-bond donors (Lipinski definition) is 3. The van der Waals surface area contributed by atoms with Crippen molar-refractivity contribution >= 4 is 5.97 Å². The zero-order chi connectivity index (χ0) is 51.5. The summed E-state index contributed by atoms with van der Waals surface area (Å²) >= 11 is 0. The Labute approximate surface area is 432 Å². The van der Waals surface area contributed by atoms with Gasteiger partial charge in [-0.15, -0.1) is 0 Å². The topological polar surface area (TPSA) is 124 Å². The number of rotatable bonds is 52. The van der Waals surface area contributed by atoms with Gasteiger partial charge in [0.1, 0.15) is 37.1 Å². The van der Waals surface area contributed by atoms with Crippen LogP contribution in [0.2, 0.25) is 0 Å². The second-order valence-corrected chi connectivity index (χ2v) is 20.1. The van der Waals surface area contributed by atoms with E-state index >= 15 is 0 Å². The zero-order valence-electron chi connectivity index (χ0n) is 46.6. The molecule has 0 saturated carbocycles. The predicted octanol–water partition coefficient (Wildman–Crippen LogP) is 15.9. The van der Waals surface area contributed by atoms with Crippen molar-refractivity contribution < 1.29 is 45.2 Å². The van der Waals surface area contributed by atoms with E-state index in [1.165, 1.54) is 148 Å². The lowest BCUT2D eigenvalue weighted by Gasteiger charge is -2.40. The van der Waals surface area contributed by atoms with Crippen molar-refractivity contribution in [3.05, 3.63) is 48.6 Å². The highest BCUT2D eigenvalue weighted by molar-refractivity contribution is 5.69. The van der Waals surface area contributed by atoms with Crippen LogP contribution < -0.4 is 0 Å². The third-order valence-electron chi connectivity index (χ3n) is 13.3. The molecule has 3 N–H and O–H groups in total. The molecular formula is C61H112O9. The second-order valence-electron chi connectivity index (χ2n) is 20.1. The van der Waals surface area contributed by atoms with Crippen molar-refractivity contribution in [2.45, 2.75) is 302 Å². The van der Waals surface area contributed by atoms with Gasteiger partial charge in [-0.3, -0.25) is 4.79 Å². The van der Waals surface area contributed by atoms with E-state index in [0.717, 1.165) is 77.0 Å². The van der Waals surface area contributed by atoms with Crippen LogP contribution in [0.3, 0.4) is 0 Å². The summed E-state index contributed by atoms with van der Waals surface area (Å²) in [7, 11) is 0. The Morgan fingerprint density at radius 3 is 1.41 bits per heavy atom. The number of carbonyl (C=O) groups is 1. The summed E-state index contributed by atoms with van der Waals surface area (Å²) in [5, 5.41) is 32.3. The van der Waals surface area contributed by atoms with E-state index in [1.54, 1.807) is 0 Å². The molecule has 1 rings (SSSR count). The molecular weight excluding hydrogens is 877 g/mol. The Morgan fingerprint density at radius 2 is 0.914 bits per heavy atom. The van der Waals surface area contributed by atoms with Gasteiger partial charge in [-0.25, -0.2) is 0 Å². The molecule has 0 aromatic rings. The molecule has 1 aliphatic rings. The van der Waals surface area contributed by atoms with E-state index in [4.69, 9.17) is 25.1 Å². The van der Waals surface area contributed by atoms with E-state index in [0.29, 0.717) is 26.2 Å². The van der Waals surface area contributed by atoms with Crippen LogP contribution in [0.15, 0.2) is 48.6 Å². The molecule has 0 bridgehead atoms. The quantitative estimate of drug-likeness (QED) is 0.0310. The first-order chi connectivity index (χ1) is 34.8. The van der Waals surface area contributed by atoms with Crippen LogP contribution in [-0.2, 0) is 28.5 Å². The molecule has 0 spiro atoms. The van der Waals surface area contributed by atoms with Crippen LogP contribution in [0.5, 0.6) is 0 Å². The molecule has 0 radical (unpaired) electrons. The Balaban J connectivity index is 2.48. The molecule has 1 aliphatic heterocycles. The number of aliphatic hydroxyl groups is 3. The molecule has 0 amide bonds. The average Bonchev–Trinajstić information content (AvgIpc) is 3.36. The first-order valence-corrected chi connectivity index (χ1v) is 29.5. The maximum Gasteiger partial charge on any atom is 0.305 e. The summed E-state index contributed by atoms with van der Waals surface area (Å²) < 4.78 is 38.1. The number of carbonyl (C=O) groups excluding carboxylic acids is 1. The molecule has 0 aromatic carbocycles. The summed E-state index contributed by atoms with van der Waals surface area (Å²) in [6, 6.07) is 0. The van der Waals surface area contributed by atoms with Crippen LogP contribution >= 0.6 is 0 Å². The third kappa shape index (κ3) is 41.6. The highest BCUT2D eigenvalue weighted by atomic mass is 16.7. The number of unbranched alkanes of at least 4 members (excludes halogenated alkanes) is 28.